The third-order valence-electron chi connectivity index (χ3n) is 10.1. The highest BCUT2D eigenvalue weighted by Gasteiger charge is 2.31. The first-order valence-electron chi connectivity index (χ1n) is 22.4. The molecule has 54 heavy (non-hydrogen) atoms. The first kappa shape index (κ1) is 51.8. The van der Waals surface area contributed by atoms with Crippen molar-refractivity contribution < 1.29 is 38.2 Å². The number of ether oxygens (including phenoxy) is 3. The van der Waals surface area contributed by atoms with E-state index in [0.717, 1.165) is 32.1 Å². The van der Waals surface area contributed by atoms with Crippen LogP contribution in [0.15, 0.2) is 24.3 Å². The Morgan fingerprint density at radius 1 is 0.537 bits per heavy atom. The number of carbonyl (C=O) groups excluding carboxylic acids is 2. The normalized spacial score (nSPS) is 13.1. The monoisotopic (exact) mass is 765 g/mol. The molecule has 0 aromatic heterocycles. The summed E-state index contributed by atoms with van der Waals surface area (Å²) in [7, 11) is 5.51. The molecule has 0 spiro atoms. The first-order chi connectivity index (χ1) is 26.1. The lowest BCUT2D eigenvalue weighted by molar-refractivity contribution is -0.887. The van der Waals surface area contributed by atoms with Crippen molar-refractivity contribution in [2.24, 2.45) is 0 Å². The van der Waals surface area contributed by atoms with E-state index >= 15 is 0 Å². The van der Waals surface area contributed by atoms with E-state index in [1.165, 1.54) is 128 Å². The fourth-order valence-corrected chi connectivity index (χ4v) is 6.57. The molecule has 0 saturated heterocycles. The Balaban J connectivity index is 4.15. The van der Waals surface area contributed by atoms with Crippen LogP contribution in [0.1, 0.15) is 200 Å². The summed E-state index contributed by atoms with van der Waals surface area (Å²) in [6, 6.07) is -0.616. The van der Waals surface area contributed by atoms with E-state index in [9.17, 15) is 19.5 Å². The summed E-state index contributed by atoms with van der Waals surface area (Å²) in [4.78, 5) is 36.7. The highest BCUT2D eigenvalue weighted by molar-refractivity contribution is 5.72. The number of nitrogens with zero attached hydrogens (tertiary/aromatic N) is 1. The van der Waals surface area contributed by atoms with Crippen LogP contribution in [0.25, 0.3) is 0 Å². The summed E-state index contributed by atoms with van der Waals surface area (Å²) in [6.07, 6.45) is 41.2. The molecule has 0 rings (SSSR count). The molecule has 1 N–H and O–H groups in total. The third-order valence-corrected chi connectivity index (χ3v) is 10.1. The van der Waals surface area contributed by atoms with Gasteiger partial charge in [0.15, 0.2) is 12.1 Å². The van der Waals surface area contributed by atoms with Gasteiger partial charge in [-0.2, -0.15) is 0 Å². The third kappa shape index (κ3) is 35.5. The lowest BCUT2D eigenvalue weighted by Gasteiger charge is -2.31. The van der Waals surface area contributed by atoms with Crippen molar-refractivity contribution in [3.8, 4) is 0 Å². The zero-order chi connectivity index (χ0) is 40.0. The van der Waals surface area contributed by atoms with Crippen LogP contribution in [-0.2, 0) is 28.6 Å². The van der Waals surface area contributed by atoms with Gasteiger partial charge in [0.1, 0.15) is 6.61 Å². The van der Waals surface area contributed by atoms with Crippen molar-refractivity contribution in [2.75, 3.05) is 41.0 Å². The number of unbranched alkanes of at least 4 members (excludes halogenated alkanes) is 22. The molecule has 8 heteroatoms. The van der Waals surface area contributed by atoms with Gasteiger partial charge in [-0.05, 0) is 51.4 Å². The Kier molecular flexibility index (Phi) is 36.2. The minimum absolute atomic E-state index is 0.0500. The van der Waals surface area contributed by atoms with Crippen molar-refractivity contribution in [3.63, 3.8) is 0 Å². The van der Waals surface area contributed by atoms with Gasteiger partial charge in [0.2, 0.25) is 0 Å². The van der Waals surface area contributed by atoms with Gasteiger partial charge < -0.3 is 23.8 Å². The molecule has 2 atom stereocenters. The number of esters is 2. The zero-order valence-electron chi connectivity index (χ0n) is 35.9. The van der Waals surface area contributed by atoms with Crippen LogP contribution in [0, 0.1) is 0 Å². The van der Waals surface area contributed by atoms with E-state index in [2.05, 4.69) is 32.1 Å². The van der Waals surface area contributed by atoms with Gasteiger partial charge in [-0.1, -0.05) is 154 Å². The van der Waals surface area contributed by atoms with E-state index < -0.39 is 18.1 Å². The largest absolute Gasteiger partial charge is 0.477 e. The standard InChI is InChI=1S/C46H85NO7/c1-6-8-10-12-14-15-16-17-18-19-20-21-22-23-24-25-26-27-28-29-31-33-35-37-45(49)54-42(40-52-39-38-43(46(50)51)47(3,4)5)41-53-44(48)36-34-32-30-13-11-9-7-2/h23-24,30,32,42-43H,6-22,25-29,31,33-41H2,1-5H3/p+1/b24-23+,32-30+. The molecular weight excluding hydrogens is 679 g/mol. The van der Waals surface area contributed by atoms with E-state index in [1.54, 1.807) is 0 Å². The van der Waals surface area contributed by atoms with Gasteiger partial charge >= 0.3 is 17.9 Å². The number of carboxylic acid groups (broad SMARTS) is 1. The predicted molar refractivity (Wildman–Crippen MR) is 225 cm³/mol. The molecule has 0 aliphatic carbocycles. The van der Waals surface area contributed by atoms with Crippen molar-refractivity contribution in [3.05, 3.63) is 24.3 Å². The van der Waals surface area contributed by atoms with Gasteiger partial charge in [-0.25, -0.2) is 4.79 Å². The summed E-state index contributed by atoms with van der Waals surface area (Å²) < 4.78 is 17.1. The molecule has 0 amide bonds. The van der Waals surface area contributed by atoms with Gasteiger partial charge in [0, 0.05) is 19.3 Å². The molecule has 0 aromatic carbocycles. The van der Waals surface area contributed by atoms with Crippen LogP contribution in [0.4, 0.5) is 0 Å². The Labute approximate surface area is 332 Å². The lowest BCUT2D eigenvalue weighted by Crippen LogP contribution is -2.50. The van der Waals surface area contributed by atoms with Crippen LogP contribution in [0.3, 0.4) is 0 Å². The molecule has 0 bridgehead atoms. The zero-order valence-corrected chi connectivity index (χ0v) is 35.9. The average Bonchev–Trinajstić information content (AvgIpc) is 3.12. The number of quaternary nitrogens is 1. The molecule has 0 aliphatic heterocycles. The quantitative estimate of drug-likeness (QED) is 0.0287. The Hall–Kier alpha value is -2.19. The Morgan fingerprint density at radius 3 is 1.44 bits per heavy atom. The second kappa shape index (κ2) is 37.7. The molecule has 0 saturated carbocycles. The number of rotatable bonds is 40. The molecular formula is C46H86NO7+. The van der Waals surface area contributed by atoms with Gasteiger partial charge in [0.05, 0.1) is 34.4 Å². The predicted octanol–water partition coefficient (Wildman–Crippen LogP) is 12.1. The highest BCUT2D eigenvalue weighted by Crippen LogP contribution is 2.15. The summed E-state index contributed by atoms with van der Waals surface area (Å²) in [5.41, 5.74) is 0. The number of carboxylic acids is 1. The minimum Gasteiger partial charge on any atom is -0.477 e. The maximum absolute atomic E-state index is 12.7. The van der Waals surface area contributed by atoms with Gasteiger partial charge in [0.25, 0.3) is 0 Å². The van der Waals surface area contributed by atoms with Crippen LogP contribution in [0.2, 0.25) is 0 Å². The maximum atomic E-state index is 12.7. The molecule has 8 nitrogen and oxygen atoms in total. The van der Waals surface area contributed by atoms with Crippen LogP contribution in [0.5, 0.6) is 0 Å². The topological polar surface area (TPSA) is 99.1 Å². The van der Waals surface area contributed by atoms with Crippen LogP contribution >= 0.6 is 0 Å². The molecule has 0 aromatic rings. The second-order valence-electron chi connectivity index (χ2n) is 16.3. The van der Waals surface area contributed by atoms with Gasteiger partial charge in [-0.3, -0.25) is 9.59 Å². The van der Waals surface area contributed by atoms with E-state index in [4.69, 9.17) is 14.2 Å². The molecule has 0 fully saturated rings. The summed E-state index contributed by atoms with van der Waals surface area (Å²) >= 11 is 0. The van der Waals surface area contributed by atoms with Crippen LogP contribution in [-0.4, -0.2) is 80.6 Å². The minimum atomic E-state index is -0.880. The lowest BCUT2D eigenvalue weighted by atomic mass is 10.0. The smallest absolute Gasteiger partial charge is 0.362 e. The summed E-state index contributed by atoms with van der Waals surface area (Å²) in [6.45, 7) is 4.64. The van der Waals surface area contributed by atoms with E-state index in [1.807, 2.05) is 27.2 Å². The fraction of sp³-hybridized carbons (Fsp3) is 0.848. The van der Waals surface area contributed by atoms with Crippen molar-refractivity contribution in [1.82, 2.24) is 0 Å². The van der Waals surface area contributed by atoms with Gasteiger partial charge in [-0.15, -0.1) is 0 Å². The van der Waals surface area contributed by atoms with Crippen molar-refractivity contribution >= 4 is 17.9 Å². The molecule has 0 radical (unpaired) electrons. The average molecular weight is 765 g/mol. The summed E-state index contributed by atoms with van der Waals surface area (Å²) in [5, 5.41) is 9.59. The SMILES string of the molecule is CCCCC/C=C/CCC(=O)OCC(COCCC(C(=O)O)[N+](C)(C)C)OC(=O)CCCCCCCCC/C=C/CCCCCCCCCCCCCC. The van der Waals surface area contributed by atoms with E-state index in [0.29, 0.717) is 19.3 Å². The number of hydrogen-bond donors (Lipinski definition) is 1. The Morgan fingerprint density at radius 2 is 0.963 bits per heavy atom. The number of likely N-dealkylation sites (N-methyl/N-ethyl adjacent to an activating group) is 1. The number of hydrogen-bond acceptors (Lipinski definition) is 6. The molecule has 316 valence electrons. The second-order valence-corrected chi connectivity index (χ2v) is 16.3. The maximum Gasteiger partial charge on any atom is 0.362 e. The first-order valence-corrected chi connectivity index (χ1v) is 22.4. The van der Waals surface area contributed by atoms with Crippen molar-refractivity contribution in [1.29, 1.82) is 0 Å². The Bertz CT molecular complexity index is 942. The highest BCUT2D eigenvalue weighted by atomic mass is 16.6. The molecule has 2 unspecified atom stereocenters. The summed E-state index contributed by atoms with van der Waals surface area (Å²) in [5.74, 6) is -1.54. The van der Waals surface area contributed by atoms with E-state index in [-0.39, 0.29) is 42.7 Å². The fourth-order valence-electron chi connectivity index (χ4n) is 6.57. The molecule has 0 heterocycles. The molecule has 0 aliphatic rings. The van der Waals surface area contributed by atoms with Crippen molar-refractivity contribution in [2.45, 2.75) is 212 Å². The number of aliphatic carboxylic acids is 1. The number of carbonyl (C=O) groups is 3. The van der Waals surface area contributed by atoms with Crippen LogP contribution < -0.4 is 0 Å². The number of allylic oxidation sites excluding steroid dienone is 4.